The predicted molar refractivity (Wildman–Crippen MR) is 91.0 cm³/mol. The normalized spacial score (nSPS) is 16.5. The van der Waals surface area contributed by atoms with Crippen molar-refractivity contribution in [1.82, 2.24) is 9.21 Å². The Balaban J connectivity index is 2.11. The van der Waals surface area contributed by atoms with Crippen LogP contribution in [0.1, 0.15) is 24.8 Å². The summed E-state index contributed by atoms with van der Waals surface area (Å²) in [5, 5.41) is 2.85. The molecule has 6 nitrogen and oxygen atoms in total. The van der Waals surface area contributed by atoms with E-state index < -0.39 is 10.0 Å². The van der Waals surface area contributed by atoms with Crippen molar-refractivity contribution in [3.8, 4) is 0 Å². The molecule has 128 valence electrons. The van der Waals surface area contributed by atoms with Crippen LogP contribution in [0.15, 0.2) is 23.1 Å². The average molecular weight is 339 g/mol. The van der Waals surface area contributed by atoms with Gasteiger partial charge in [0, 0.05) is 19.8 Å². The first-order chi connectivity index (χ1) is 10.8. The van der Waals surface area contributed by atoms with Crippen LogP contribution in [0, 0.1) is 6.92 Å². The first-order valence-electron chi connectivity index (χ1n) is 7.86. The monoisotopic (exact) mass is 339 g/mol. The van der Waals surface area contributed by atoms with Gasteiger partial charge in [-0.1, -0.05) is 12.5 Å². The van der Waals surface area contributed by atoms with E-state index in [0.29, 0.717) is 12.2 Å². The van der Waals surface area contributed by atoms with Crippen LogP contribution in [-0.2, 0) is 14.8 Å². The van der Waals surface area contributed by atoms with E-state index >= 15 is 0 Å². The zero-order chi connectivity index (χ0) is 17.0. The number of piperidine rings is 1. The predicted octanol–water partition coefficient (Wildman–Crippen LogP) is 1.67. The summed E-state index contributed by atoms with van der Waals surface area (Å²) >= 11 is 0. The molecule has 0 bridgehead atoms. The number of aryl methyl sites for hydroxylation is 1. The van der Waals surface area contributed by atoms with Crippen molar-refractivity contribution in [2.45, 2.75) is 31.1 Å². The van der Waals surface area contributed by atoms with E-state index in [9.17, 15) is 13.2 Å². The second kappa shape index (κ2) is 7.42. The van der Waals surface area contributed by atoms with Gasteiger partial charge in [-0.3, -0.25) is 9.69 Å². The SMILES string of the molecule is Cc1ccc(S(=O)(=O)N(C)C)cc1NC(=O)CN1CCCCC1. The molecule has 1 aromatic carbocycles. The Kier molecular flexibility index (Phi) is 5.78. The first-order valence-corrected chi connectivity index (χ1v) is 9.30. The topological polar surface area (TPSA) is 69.7 Å². The molecule has 1 aliphatic heterocycles. The summed E-state index contributed by atoms with van der Waals surface area (Å²) in [5.74, 6) is -0.102. The van der Waals surface area contributed by atoms with Gasteiger partial charge in [-0.25, -0.2) is 12.7 Å². The Hall–Kier alpha value is -1.44. The van der Waals surface area contributed by atoms with Crippen LogP contribution < -0.4 is 5.32 Å². The van der Waals surface area contributed by atoms with Gasteiger partial charge in [0.2, 0.25) is 15.9 Å². The van der Waals surface area contributed by atoms with Gasteiger partial charge >= 0.3 is 0 Å². The highest BCUT2D eigenvalue weighted by atomic mass is 32.2. The molecule has 1 N–H and O–H groups in total. The molecule has 1 aromatic rings. The molecule has 0 radical (unpaired) electrons. The minimum Gasteiger partial charge on any atom is -0.325 e. The second-order valence-electron chi connectivity index (χ2n) is 6.15. The van der Waals surface area contributed by atoms with Gasteiger partial charge in [-0.05, 0) is 50.6 Å². The van der Waals surface area contributed by atoms with Crippen LogP contribution in [0.4, 0.5) is 5.69 Å². The van der Waals surface area contributed by atoms with Gasteiger partial charge in [0.05, 0.1) is 11.4 Å². The van der Waals surface area contributed by atoms with E-state index in [0.717, 1.165) is 35.8 Å². The summed E-state index contributed by atoms with van der Waals surface area (Å²) in [6, 6.07) is 4.80. The summed E-state index contributed by atoms with van der Waals surface area (Å²) in [4.78, 5) is 14.5. The molecular formula is C16H25N3O3S. The third kappa shape index (κ3) is 4.53. The second-order valence-corrected chi connectivity index (χ2v) is 8.30. The zero-order valence-corrected chi connectivity index (χ0v) is 14.8. The molecule has 0 aromatic heterocycles. The fourth-order valence-corrected chi connectivity index (χ4v) is 3.55. The lowest BCUT2D eigenvalue weighted by Gasteiger charge is -2.25. The number of amides is 1. The Morgan fingerprint density at radius 3 is 2.48 bits per heavy atom. The largest absolute Gasteiger partial charge is 0.325 e. The lowest BCUT2D eigenvalue weighted by atomic mass is 10.1. The Morgan fingerprint density at radius 2 is 1.87 bits per heavy atom. The van der Waals surface area contributed by atoms with Crippen molar-refractivity contribution in [2.24, 2.45) is 0 Å². The molecule has 2 rings (SSSR count). The number of nitrogens with one attached hydrogen (secondary N) is 1. The maximum atomic E-state index is 12.2. The van der Waals surface area contributed by atoms with Crippen molar-refractivity contribution < 1.29 is 13.2 Å². The van der Waals surface area contributed by atoms with Crippen molar-refractivity contribution in [3.63, 3.8) is 0 Å². The van der Waals surface area contributed by atoms with Crippen LogP contribution in [0.25, 0.3) is 0 Å². The Bertz CT molecular complexity index is 665. The van der Waals surface area contributed by atoms with Crippen molar-refractivity contribution in [2.75, 3.05) is 39.0 Å². The number of carbonyl (C=O) groups excluding carboxylic acids is 1. The fraction of sp³-hybridized carbons (Fsp3) is 0.562. The minimum absolute atomic E-state index is 0.102. The van der Waals surface area contributed by atoms with Crippen LogP contribution in [0.5, 0.6) is 0 Å². The third-order valence-corrected chi connectivity index (χ3v) is 5.89. The molecule has 7 heteroatoms. The Morgan fingerprint density at radius 1 is 1.22 bits per heavy atom. The summed E-state index contributed by atoms with van der Waals surface area (Å²) in [5.41, 5.74) is 1.39. The van der Waals surface area contributed by atoms with Crippen molar-refractivity contribution in [1.29, 1.82) is 0 Å². The van der Waals surface area contributed by atoms with Gasteiger partial charge < -0.3 is 5.32 Å². The van der Waals surface area contributed by atoms with Gasteiger partial charge in [0.15, 0.2) is 0 Å². The van der Waals surface area contributed by atoms with E-state index in [1.54, 1.807) is 12.1 Å². The number of hydrogen-bond donors (Lipinski definition) is 1. The highest BCUT2D eigenvalue weighted by molar-refractivity contribution is 7.89. The van der Waals surface area contributed by atoms with E-state index in [4.69, 9.17) is 0 Å². The van der Waals surface area contributed by atoms with Crippen LogP contribution in [0.3, 0.4) is 0 Å². The van der Waals surface area contributed by atoms with Crippen LogP contribution >= 0.6 is 0 Å². The number of anilines is 1. The molecule has 0 unspecified atom stereocenters. The van der Waals surface area contributed by atoms with E-state index in [2.05, 4.69) is 10.2 Å². The molecule has 1 fully saturated rings. The number of benzene rings is 1. The third-order valence-electron chi connectivity index (χ3n) is 4.08. The molecular weight excluding hydrogens is 314 g/mol. The van der Waals surface area contributed by atoms with Crippen molar-refractivity contribution in [3.05, 3.63) is 23.8 Å². The number of hydrogen-bond acceptors (Lipinski definition) is 4. The van der Waals surface area contributed by atoms with E-state index in [1.807, 2.05) is 6.92 Å². The standard InChI is InChI=1S/C16H25N3O3S/c1-13-7-8-14(23(21,22)18(2)3)11-15(13)17-16(20)12-19-9-5-4-6-10-19/h7-8,11H,4-6,9-10,12H2,1-3H3,(H,17,20). The number of carbonyl (C=O) groups is 1. The summed E-state index contributed by atoms with van der Waals surface area (Å²) in [7, 11) is -0.528. The highest BCUT2D eigenvalue weighted by Crippen LogP contribution is 2.22. The summed E-state index contributed by atoms with van der Waals surface area (Å²) < 4.78 is 25.6. The first kappa shape index (κ1) is 17.9. The molecule has 23 heavy (non-hydrogen) atoms. The summed E-state index contributed by atoms with van der Waals surface area (Å²) in [6.07, 6.45) is 3.48. The van der Waals surface area contributed by atoms with E-state index in [-0.39, 0.29) is 10.8 Å². The maximum Gasteiger partial charge on any atom is 0.242 e. The molecule has 0 aliphatic carbocycles. The molecule has 0 spiro atoms. The highest BCUT2D eigenvalue weighted by Gasteiger charge is 2.19. The lowest BCUT2D eigenvalue weighted by Crippen LogP contribution is -2.37. The fourth-order valence-electron chi connectivity index (χ4n) is 2.62. The van der Waals surface area contributed by atoms with E-state index in [1.165, 1.54) is 26.6 Å². The number of likely N-dealkylation sites (tertiary alicyclic amines) is 1. The average Bonchev–Trinajstić information content (AvgIpc) is 2.50. The minimum atomic E-state index is -3.51. The molecule has 0 atom stereocenters. The van der Waals surface area contributed by atoms with Crippen molar-refractivity contribution >= 4 is 21.6 Å². The van der Waals surface area contributed by atoms with Gasteiger partial charge in [0.25, 0.3) is 0 Å². The molecule has 1 amide bonds. The zero-order valence-electron chi connectivity index (χ0n) is 14.0. The summed E-state index contributed by atoms with van der Waals surface area (Å²) in [6.45, 7) is 4.09. The number of rotatable bonds is 5. The van der Waals surface area contributed by atoms with Crippen LogP contribution in [0.2, 0.25) is 0 Å². The maximum absolute atomic E-state index is 12.2. The van der Waals surface area contributed by atoms with Gasteiger partial charge in [-0.2, -0.15) is 0 Å². The lowest BCUT2D eigenvalue weighted by molar-refractivity contribution is -0.117. The van der Waals surface area contributed by atoms with Gasteiger partial charge in [-0.15, -0.1) is 0 Å². The Labute approximate surface area is 138 Å². The quantitative estimate of drug-likeness (QED) is 0.886. The molecule has 0 saturated carbocycles. The van der Waals surface area contributed by atoms with Crippen LogP contribution in [-0.4, -0.2) is 57.3 Å². The number of sulfonamides is 1. The molecule has 1 heterocycles. The van der Waals surface area contributed by atoms with Gasteiger partial charge in [0.1, 0.15) is 0 Å². The molecule has 1 aliphatic rings. The molecule has 1 saturated heterocycles. The smallest absolute Gasteiger partial charge is 0.242 e. The number of nitrogens with zero attached hydrogens (tertiary/aromatic N) is 2.